The number of nitrogens with one attached hydrogen (secondary N) is 1. The second kappa shape index (κ2) is 9.55. The number of carbonyl (C=O) groups excluding carboxylic acids is 2. The molecule has 0 bridgehead atoms. The number of carbonyl (C=O) groups is 2. The Morgan fingerprint density at radius 2 is 1.62 bits per heavy atom. The summed E-state index contributed by atoms with van der Waals surface area (Å²) in [5.41, 5.74) is -4.77. The van der Waals surface area contributed by atoms with Crippen LogP contribution in [-0.4, -0.2) is 57.5 Å². The van der Waals surface area contributed by atoms with Gasteiger partial charge < -0.3 is 10.4 Å². The molecular weight excluding hydrogens is 555 g/mol. The number of aromatic nitrogens is 2. The van der Waals surface area contributed by atoms with Gasteiger partial charge in [0.25, 0.3) is 5.91 Å². The van der Waals surface area contributed by atoms with E-state index in [1.165, 1.54) is 0 Å². The van der Waals surface area contributed by atoms with Crippen LogP contribution in [-0.2, 0) is 4.79 Å². The summed E-state index contributed by atoms with van der Waals surface area (Å²) in [7, 11) is 0. The molecule has 8 nitrogen and oxygen atoms in total. The summed E-state index contributed by atoms with van der Waals surface area (Å²) in [6, 6.07) is -2.19. The first-order chi connectivity index (χ1) is 18.0. The van der Waals surface area contributed by atoms with Crippen LogP contribution < -0.4 is 15.6 Å². The number of amides is 2. The molecule has 208 valence electrons. The van der Waals surface area contributed by atoms with Gasteiger partial charge in [-0.3, -0.25) is 23.9 Å². The van der Waals surface area contributed by atoms with E-state index in [0.29, 0.717) is 9.88 Å². The van der Waals surface area contributed by atoms with E-state index in [0.717, 1.165) is 17.0 Å². The van der Waals surface area contributed by atoms with E-state index < -0.39 is 81.5 Å². The van der Waals surface area contributed by atoms with Crippen LogP contribution in [0.25, 0.3) is 16.7 Å². The Morgan fingerprint density at radius 3 is 2.13 bits per heavy atom. The second-order valence-electron chi connectivity index (χ2n) is 8.35. The van der Waals surface area contributed by atoms with Gasteiger partial charge in [0.2, 0.25) is 17.4 Å². The molecule has 0 aliphatic carbocycles. The lowest BCUT2D eigenvalue weighted by atomic mass is 10.1. The Morgan fingerprint density at radius 1 is 1.03 bits per heavy atom. The number of anilines is 1. The van der Waals surface area contributed by atoms with Crippen molar-refractivity contribution in [2.75, 3.05) is 11.4 Å². The van der Waals surface area contributed by atoms with Gasteiger partial charge in [0.05, 0.1) is 24.5 Å². The van der Waals surface area contributed by atoms with Crippen molar-refractivity contribution in [1.29, 1.82) is 0 Å². The molecule has 0 spiro atoms. The summed E-state index contributed by atoms with van der Waals surface area (Å²) in [6.07, 6.45) is -13.2. The van der Waals surface area contributed by atoms with E-state index in [1.807, 2.05) is 0 Å². The van der Waals surface area contributed by atoms with Crippen molar-refractivity contribution in [1.82, 2.24) is 14.9 Å². The Labute approximate surface area is 210 Å². The maximum Gasteiger partial charge on any atom is 0.417 e. The number of hydrogen-bond donors (Lipinski definition) is 2. The fraction of sp³-hybridized carbons (Fsp3) is 0.273. The van der Waals surface area contributed by atoms with Crippen LogP contribution in [0.15, 0.2) is 35.3 Å². The minimum Gasteiger partial charge on any atom is -0.391 e. The fourth-order valence-corrected chi connectivity index (χ4v) is 3.91. The molecule has 1 fully saturated rings. The highest BCUT2D eigenvalue weighted by atomic mass is 19.4. The molecule has 1 saturated heterocycles. The fourth-order valence-electron chi connectivity index (χ4n) is 3.91. The van der Waals surface area contributed by atoms with Gasteiger partial charge in [-0.25, -0.2) is 18.2 Å². The van der Waals surface area contributed by atoms with Crippen molar-refractivity contribution < 1.29 is 54.2 Å². The van der Waals surface area contributed by atoms with Gasteiger partial charge in [0.1, 0.15) is 22.9 Å². The third-order valence-electron chi connectivity index (χ3n) is 5.61. The zero-order valence-corrected chi connectivity index (χ0v) is 18.9. The van der Waals surface area contributed by atoms with Gasteiger partial charge in [-0.15, -0.1) is 0 Å². The summed E-state index contributed by atoms with van der Waals surface area (Å²) >= 11 is 0. The van der Waals surface area contributed by atoms with E-state index in [2.05, 4.69) is 4.98 Å². The predicted molar refractivity (Wildman–Crippen MR) is 114 cm³/mol. The topological polar surface area (TPSA) is 105 Å². The Bertz CT molecular complexity index is 1510. The number of aliphatic hydroxyl groups is 1. The quantitative estimate of drug-likeness (QED) is 0.471. The number of benzene rings is 1. The minimum atomic E-state index is -6.03. The first kappa shape index (κ1) is 27.9. The molecule has 3 heterocycles. The number of pyridine rings is 2. The van der Waals surface area contributed by atoms with E-state index in [-0.39, 0.29) is 37.1 Å². The molecule has 17 heteroatoms. The molecular formula is C22H13F9N4O4. The second-order valence-corrected chi connectivity index (χ2v) is 8.35. The summed E-state index contributed by atoms with van der Waals surface area (Å²) in [5, 5.41) is 9.66. The predicted octanol–water partition coefficient (Wildman–Crippen LogP) is 3.12. The summed E-state index contributed by atoms with van der Waals surface area (Å²) in [5.74, 6) is -7.78. The van der Waals surface area contributed by atoms with Crippen LogP contribution in [0.4, 0.5) is 45.3 Å². The molecule has 1 atom stereocenters. The van der Waals surface area contributed by atoms with E-state index >= 15 is 0 Å². The molecule has 2 N–H and O–H groups in total. The lowest BCUT2D eigenvalue weighted by molar-refractivity contribution is -0.255. The molecule has 2 amide bonds. The van der Waals surface area contributed by atoms with Gasteiger partial charge in [0.15, 0.2) is 17.3 Å². The number of aliphatic hydroxyl groups excluding tert-OH is 1. The molecule has 1 aliphatic heterocycles. The SMILES string of the molecule is O=C(NC(C(F)(F)F)C(F)(F)F)c1cn(-c2c(F)cc(F)cc2F)c2nc(N3C[C@@H](O)CC3=O)ccc2c1=O. The van der Waals surface area contributed by atoms with Gasteiger partial charge in [0, 0.05) is 18.3 Å². The minimum absolute atomic E-state index is 0.176. The van der Waals surface area contributed by atoms with E-state index in [1.54, 1.807) is 0 Å². The lowest BCUT2D eigenvalue weighted by Gasteiger charge is -2.24. The highest BCUT2D eigenvalue weighted by Gasteiger charge is 2.57. The average molecular weight is 568 g/mol. The summed E-state index contributed by atoms with van der Waals surface area (Å²) in [6.45, 7) is -0.266. The zero-order chi connectivity index (χ0) is 29.0. The van der Waals surface area contributed by atoms with Crippen molar-refractivity contribution in [3.63, 3.8) is 0 Å². The summed E-state index contributed by atoms with van der Waals surface area (Å²) in [4.78, 5) is 42.5. The molecule has 0 saturated carbocycles. The number of fused-ring (bicyclic) bond motifs is 1. The molecule has 4 rings (SSSR count). The van der Waals surface area contributed by atoms with Crippen molar-refractivity contribution >= 4 is 28.7 Å². The molecule has 1 aromatic carbocycles. The number of alkyl halides is 6. The summed E-state index contributed by atoms with van der Waals surface area (Å²) < 4.78 is 121. The van der Waals surface area contributed by atoms with Gasteiger partial charge in [-0.05, 0) is 12.1 Å². The number of hydrogen-bond acceptors (Lipinski definition) is 5. The molecule has 1 aliphatic rings. The maximum atomic E-state index is 14.7. The van der Waals surface area contributed by atoms with Crippen molar-refractivity contribution in [2.45, 2.75) is 30.9 Å². The van der Waals surface area contributed by atoms with E-state index in [9.17, 15) is 59.0 Å². The van der Waals surface area contributed by atoms with Crippen molar-refractivity contribution in [3.8, 4) is 5.69 Å². The van der Waals surface area contributed by atoms with Crippen LogP contribution in [0.5, 0.6) is 0 Å². The van der Waals surface area contributed by atoms with Gasteiger partial charge in [-0.1, -0.05) is 0 Å². The smallest absolute Gasteiger partial charge is 0.391 e. The molecule has 0 unspecified atom stereocenters. The van der Waals surface area contributed by atoms with Gasteiger partial charge in [-0.2, -0.15) is 26.3 Å². The van der Waals surface area contributed by atoms with Crippen molar-refractivity contribution in [3.05, 3.63) is 63.7 Å². The zero-order valence-electron chi connectivity index (χ0n) is 18.9. The number of nitrogens with zero attached hydrogens (tertiary/aromatic N) is 3. The number of halogens is 9. The Hall–Kier alpha value is -4.15. The largest absolute Gasteiger partial charge is 0.417 e. The van der Waals surface area contributed by atoms with Crippen LogP contribution in [0.3, 0.4) is 0 Å². The average Bonchev–Trinajstić information content (AvgIpc) is 3.14. The lowest BCUT2D eigenvalue weighted by Crippen LogP contribution is -2.55. The van der Waals surface area contributed by atoms with Crippen LogP contribution in [0.1, 0.15) is 16.8 Å². The third kappa shape index (κ3) is 5.25. The maximum absolute atomic E-state index is 14.7. The van der Waals surface area contributed by atoms with Crippen LogP contribution in [0, 0.1) is 17.5 Å². The monoisotopic (exact) mass is 568 g/mol. The number of rotatable bonds is 4. The molecule has 39 heavy (non-hydrogen) atoms. The first-order valence-electron chi connectivity index (χ1n) is 10.6. The standard InChI is InChI=1S/C22H13F9N4O4/c23-8-3-12(24)16(13(25)4-8)35-7-11(19(39)33-20(21(26,27)28)22(29,30)31)17(38)10-1-2-14(32-18(10)35)34-6-9(36)5-15(34)37/h1-4,7,9,20,36H,5-6H2,(H,33,39)/t9-/m0/s1. The normalized spacial score (nSPS) is 16.4. The van der Waals surface area contributed by atoms with Crippen molar-refractivity contribution in [2.24, 2.45) is 0 Å². The number of β-amino-alcohol motifs (C(OH)–C–C–N with tert-alkyl or cyclic N) is 1. The van der Waals surface area contributed by atoms with Gasteiger partial charge >= 0.3 is 12.4 Å². The molecule has 2 aromatic heterocycles. The third-order valence-corrected chi connectivity index (χ3v) is 5.61. The Balaban J connectivity index is 1.97. The highest BCUT2D eigenvalue weighted by molar-refractivity contribution is 5.99. The molecule has 3 aromatic rings. The van der Waals surface area contributed by atoms with E-state index in [4.69, 9.17) is 0 Å². The Kier molecular flexibility index (Phi) is 6.82. The van der Waals surface area contributed by atoms with Crippen LogP contribution in [0.2, 0.25) is 0 Å². The molecule has 0 radical (unpaired) electrons. The highest BCUT2D eigenvalue weighted by Crippen LogP contribution is 2.33. The first-order valence-corrected chi connectivity index (χ1v) is 10.6. The van der Waals surface area contributed by atoms with Crippen LogP contribution >= 0.6 is 0 Å².